The lowest BCUT2D eigenvalue weighted by Crippen LogP contribution is -2.14. The van der Waals surface area contributed by atoms with Gasteiger partial charge < -0.3 is 18.6 Å². The van der Waals surface area contributed by atoms with Gasteiger partial charge in [-0.25, -0.2) is 0 Å². The largest absolute Gasteiger partial charge is 0.454 e. The van der Waals surface area contributed by atoms with E-state index in [1.54, 1.807) is 0 Å². The highest BCUT2D eigenvalue weighted by Crippen LogP contribution is 2.66. The molecule has 0 aliphatic heterocycles. The predicted molar refractivity (Wildman–Crippen MR) is 380 cm³/mol. The van der Waals surface area contributed by atoms with E-state index in [2.05, 4.69) is 329 Å². The Morgan fingerprint density at radius 1 is 0.233 bits per heavy atom. The number of hydrogen-bond acceptors (Lipinski definition) is 4. The summed E-state index contributed by atoms with van der Waals surface area (Å²) >= 11 is 0. The molecule has 0 spiro atoms. The molecule has 4 nitrogen and oxygen atoms in total. The molecule has 14 aromatic carbocycles. The molecular weight excluding hydrogens is 1090 g/mol. The maximum absolute atomic E-state index is 6.96. The summed E-state index contributed by atoms with van der Waals surface area (Å²) in [6.07, 6.45) is 0. The smallest absolute Gasteiger partial charge is 0.159 e. The van der Waals surface area contributed by atoms with Gasteiger partial charge in [-0.2, -0.15) is 0 Å². The Morgan fingerprint density at radius 3 is 0.900 bits per heavy atom. The SMILES string of the molecule is CC(C)c1ccccc1N(c1ccc2c(-c3ccccc3)c3c(c(-c4ccccc4)c2c1)-c1c-3c(-c2ccccc2)c2ccc(N(c3ccccc3C(C)C)c3cccc4c3oc3ccccc34)cc2c1-c1ccccc1)c1cccc2c1oc1ccccc12. The molecule has 428 valence electrons. The van der Waals surface area contributed by atoms with Crippen LogP contribution in [-0.2, 0) is 0 Å². The van der Waals surface area contributed by atoms with Crippen molar-refractivity contribution in [3.05, 3.63) is 302 Å². The second-order valence-corrected chi connectivity index (χ2v) is 24.5. The third-order valence-corrected chi connectivity index (χ3v) is 18.7. The van der Waals surface area contributed by atoms with Gasteiger partial charge in [0, 0.05) is 44.3 Å². The van der Waals surface area contributed by atoms with Gasteiger partial charge in [0.15, 0.2) is 11.2 Å². The maximum Gasteiger partial charge on any atom is 0.159 e. The Kier molecular flexibility index (Phi) is 12.6. The molecule has 1 aliphatic rings. The van der Waals surface area contributed by atoms with Gasteiger partial charge in [0.25, 0.3) is 0 Å². The van der Waals surface area contributed by atoms with Gasteiger partial charge >= 0.3 is 0 Å². The second-order valence-electron chi connectivity index (χ2n) is 24.5. The van der Waals surface area contributed by atoms with Crippen molar-refractivity contribution < 1.29 is 8.83 Å². The molecular formula is C86H62N2O2. The third-order valence-electron chi connectivity index (χ3n) is 18.7. The quantitative estimate of drug-likeness (QED) is 0.122. The van der Waals surface area contributed by atoms with Gasteiger partial charge in [0.2, 0.25) is 0 Å². The van der Waals surface area contributed by atoms with Crippen LogP contribution in [0.5, 0.6) is 0 Å². The zero-order chi connectivity index (χ0) is 60.1. The molecule has 2 aromatic heterocycles. The molecule has 0 N–H and O–H groups in total. The molecule has 1 aliphatic carbocycles. The first-order valence-corrected chi connectivity index (χ1v) is 31.5. The van der Waals surface area contributed by atoms with Gasteiger partial charge in [-0.15, -0.1) is 0 Å². The van der Waals surface area contributed by atoms with E-state index < -0.39 is 0 Å². The van der Waals surface area contributed by atoms with Crippen LogP contribution < -0.4 is 9.80 Å². The van der Waals surface area contributed by atoms with Crippen molar-refractivity contribution in [2.45, 2.75) is 39.5 Å². The summed E-state index contributed by atoms with van der Waals surface area (Å²) in [5, 5.41) is 9.06. The Hall–Kier alpha value is -11.2. The van der Waals surface area contributed by atoms with Crippen LogP contribution in [0, 0.1) is 0 Å². The number of nitrogens with zero attached hydrogens (tertiary/aromatic N) is 2. The van der Waals surface area contributed by atoms with Crippen molar-refractivity contribution in [1.82, 2.24) is 0 Å². The van der Waals surface area contributed by atoms with Gasteiger partial charge in [0.05, 0.1) is 11.4 Å². The topological polar surface area (TPSA) is 32.8 Å². The molecule has 0 saturated heterocycles. The van der Waals surface area contributed by atoms with E-state index in [9.17, 15) is 0 Å². The van der Waals surface area contributed by atoms with Crippen LogP contribution in [0.3, 0.4) is 0 Å². The summed E-state index contributed by atoms with van der Waals surface area (Å²) in [4.78, 5) is 4.91. The summed E-state index contributed by atoms with van der Waals surface area (Å²) in [7, 11) is 0. The van der Waals surface area contributed by atoms with Crippen molar-refractivity contribution in [3.8, 4) is 66.8 Å². The van der Waals surface area contributed by atoms with E-state index in [0.717, 1.165) is 99.9 Å². The molecule has 2 heterocycles. The highest BCUT2D eigenvalue weighted by Gasteiger charge is 2.39. The first-order chi connectivity index (χ1) is 44.4. The fourth-order valence-electron chi connectivity index (χ4n) is 14.8. The van der Waals surface area contributed by atoms with Gasteiger partial charge in [0.1, 0.15) is 11.2 Å². The van der Waals surface area contributed by atoms with Crippen LogP contribution >= 0.6 is 0 Å². The number of benzene rings is 14. The van der Waals surface area contributed by atoms with Gasteiger partial charge in [-0.1, -0.05) is 258 Å². The molecule has 0 saturated carbocycles. The minimum Gasteiger partial charge on any atom is -0.454 e. The molecule has 0 bridgehead atoms. The molecule has 4 heteroatoms. The highest BCUT2D eigenvalue weighted by atomic mass is 16.3. The molecule has 0 fully saturated rings. The van der Waals surface area contributed by atoms with E-state index in [1.807, 2.05) is 0 Å². The van der Waals surface area contributed by atoms with E-state index in [0.29, 0.717) is 0 Å². The lowest BCUT2D eigenvalue weighted by atomic mass is 9.65. The van der Waals surface area contributed by atoms with E-state index in [-0.39, 0.29) is 11.8 Å². The van der Waals surface area contributed by atoms with Crippen LogP contribution in [0.25, 0.3) is 132 Å². The minimum absolute atomic E-state index is 0.237. The number of fused-ring (bicyclic) bond motifs is 12. The zero-order valence-electron chi connectivity index (χ0n) is 50.6. The van der Waals surface area contributed by atoms with Crippen molar-refractivity contribution >= 4 is 99.5 Å². The molecule has 0 amide bonds. The van der Waals surface area contributed by atoms with Crippen LogP contribution in [0.2, 0.25) is 0 Å². The van der Waals surface area contributed by atoms with Crippen molar-refractivity contribution in [2.75, 3.05) is 9.80 Å². The van der Waals surface area contributed by atoms with E-state index in [1.165, 1.54) is 77.5 Å². The van der Waals surface area contributed by atoms with Crippen LogP contribution in [-0.4, -0.2) is 0 Å². The van der Waals surface area contributed by atoms with E-state index >= 15 is 0 Å². The first kappa shape index (κ1) is 53.1. The summed E-state index contributed by atoms with van der Waals surface area (Å²) in [5.74, 6) is 0.475. The van der Waals surface area contributed by atoms with Gasteiger partial charge in [-0.05, 0) is 172 Å². The highest BCUT2D eigenvalue weighted by molar-refractivity contribution is 6.33. The summed E-state index contributed by atoms with van der Waals surface area (Å²) in [5.41, 5.74) is 26.7. The zero-order valence-corrected chi connectivity index (χ0v) is 50.6. The number of furan rings is 2. The number of hydrogen-bond donors (Lipinski definition) is 0. The normalized spacial score (nSPS) is 12.0. The van der Waals surface area contributed by atoms with Crippen LogP contribution in [0.4, 0.5) is 34.1 Å². The third kappa shape index (κ3) is 8.28. The summed E-state index contributed by atoms with van der Waals surface area (Å²) in [6, 6.07) is 107. The Bertz CT molecular complexity index is 5140. The fourth-order valence-corrected chi connectivity index (χ4v) is 14.8. The average molecular weight is 1160 g/mol. The van der Waals surface area contributed by atoms with Crippen LogP contribution in [0.15, 0.2) is 300 Å². The van der Waals surface area contributed by atoms with Crippen molar-refractivity contribution in [2.24, 2.45) is 0 Å². The van der Waals surface area contributed by atoms with E-state index in [4.69, 9.17) is 8.83 Å². The Morgan fingerprint density at radius 2 is 0.533 bits per heavy atom. The predicted octanol–water partition coefficient (Wildman–Crippen LogP) is 25.3. The lowest BCUT2D eigenvalue weighted by Gasteiger charge is -2.38. The van der Waals surface area contributed by atoms with Crippen molar-refractivity contribution in [3.63, 3.8) is 0 Å². The number of rotatable bonds is 12. The molecule has 0 radical (unpaired) electrons. The monoisotopic (exact) mass is 1150 g/mol. The Balaban J connectivity index is 1.02. The molecule has 0 unspecified atom stereocenters. The van der Waals surface area contributed by atoms with Gasteiger partial charge in [-0.3, -0.25) is 0 Å². The molecule has 17 rings (SSSR count). The van der Waals surface area contributed by atoms with Crippen molar-refractivity contribution in [1.29, 1.82) is 0 Å². The minimum atomic E-state index is 0.237. The second kappa shape index (κ2) is 21.3. The maximum atomic E-state index is 6.96. The number of anilines is 6. The Labute approximate surface area is 523 Å². The summed E-state index contributed by atoms with van der Waals surface area (Å²) in [6.45, 7) is 9.17. The number of para-hydroxylation sites is 6. The van der Waals surface area contributed by atoms with Crippen LogP contribution in [0.1, 0.15) is 50.7 Å². The molecule has 0 atom stereocenters. The summed E-state index contributed by atoms with van der Waals surface area (Å²) < 4.78 is 13.9. The fraction of sp³-hybridized carbons (Fsp3) is 0.0698. The average Bonchev–Trinajstić information content (AvgIpc) is 0.805. The standard InChI is InChI=1S/C86H62N2O2/c1-53(2)61-35-17-21-41-71(61)87(73-43-25-39-67-63-37-19-23-45-75(63)89-85(67)73)59-47-49-65-69(51-59)79(57-31-13-7-14-32-57)83-81(77(65)55-27-9-5-10-28-55)82-78(56-29-11-6-12-30-56)66-50-48-60(52-70(66)80(84(82)83)58-33-15-8-16-34-58)88(72-42-22-18-36-62(72)54(3)4)74-44-26-40-68-64-38-20-24-46-76(64)90-86(68)74/h5-54H,1-4H3. The molecule has 16 aromatic rings. The first-order valence-electron chi connectivity index (χ1n) is 31.5. The molecule has 90 heavy (non-hydrogen) atoms. The lowest BCUT2D eigenvalue weighted by molar-refractivity contribution is 0.668.